The number of rotatable bonds is 2. The van der Waals surface area contributed by atoms with Gasteiger partial charge in [0.05, 0.1) is 6.54 Å². The number of carbonyl (C=O) groups excluding carboxylic acids is 1. The number of carbonyl (C=O) groups is 1. The van der Waals surface area contributed by atoms with Crippen LogP contribution in [-0.4, -0.2) is 42.5 Å². The molecule has 5 heteroatoms. The standard InChI is InChI=1S/C18H25N3O.ClH/c1-12-8-13-4-2-3-5-17(13)21(12)18(22)11-20-9-14-6-7-16(19)15(14)10-20;/h2-5,12,14-16H,6-11,19H2,1H3;1H. The Balaban J connectivity index is 0.00000156. The highest BCUT2D eigenvalue weighted by atomic mass is 35.5. The number of nitrogens with two attached hydrogens (primary N) is 1. The van der Waals surface area contributed by atoms with E-state index in [1.807, 2.05) is 11.0 Å². The van der Waals surface area contributed by atoms with Crippen molar-refractivity contribution in [2.75, 3.05) is 24.5 Å². The average molecular weight is 336 g/mol. The highest BCUT2D eigenvalue weighted by Crippen LogP contribution is 2.37. The Morgan fingerprint density at radius 2 is 2.04 bits per heavy atom. The summed E-state index contributed by atoms with van der Waals surface area (Å²) in [4.78, 5) is 17.2. The molecule has 0 bridgehead atoms. The molecule has 23 heavy (non-hydrogen) atoms. The zero-order chi connectivity index (χ0) is 15.3. The van der Waals surface area contributed by atoms with E-state index in [4.69, 9.17) is 5.73 Å². The lowest BCUT2D eigenvalue weighted by atomic mass is 9.98. The van der Waals surface area contributed by atoms with E-state index in [-0.39, 0.29) is 24.4 Å². The van der Waals surface area contributed by atoms with Crippen LogP contribution in [0.4, 0.5) is 5.69 Å². The van der Waals surface area contributed by atoms with Gasteiger partial charge in [0.2, 0.25) is 5.91 Å². The molecular weight excluding hydrogens is 310 g/mol. The second-order valence-electron chi connectivity index (χ2n) is 7.30. The Kier molecular flexibility index (Phi) is 4.68. The summed E-state index contributed by atoms with van der Waals surface area (Å²) in [6.07, 6.45) is 3.37. The summed E-state index contributed by atoms with van der Waals surface area (Å²) in [5, 5.41) is 0. The summed E-state index contributed by atoms with van der Waals surface area (Å²) in [6.45, 7) is 4.74. The third-order valence-electron chi connectivity index (χ3n) is 5.82. The summed E-state index contributed by atoms with van der Waals surface area (Å²) in [5.74, 6) is 1.56. The summed E-state index contributed by atoms with van der Waals surface area (Å²) < 4.78 is 0. The molecule has 4 nitrogen and oxygen atoms in total. The van der Waals surface area contributed by atoms with Crippen LogP contribution in [-0.2, 0) is 11.2 Å². The van der Waals surface area contributed by atoms with E-state index < -0.39 is 0 Å². The Labute approximate surface area is 144 Å². The van der Waals surface area contributed by atoms with Crippen LogP contribution in [0.15, 0.2) is 24.3 Å². The van der Waals surface area contributed by atoms with E-state index in [2.05, 4.69) is 30.0 Å². The maximum absolute atomic E-state index is 12.8. The first kappa shape index (κ1) is 16.7. The van der Waals surface area contributed by atoms with Crippen LogP contribution in [0.2, 0.25) is 0 Å². The molecule has 1 amide bonds. The molecule has 126 valence electrons. The van der Waals surface area contributed by atoms with Crippen LogP contribution in [0.3, 0.4) is 0 Å². The molecule has 0 spiro atoms. The Bertz CT molecular complexity index is 593. The van der Waals surface area contributed by atoms with Crippen LogP contribution >= 0.6 is 12.4 Å². The smallest absolute Gasteiger partial charge is 0.241 e. The van der Waals surface area contributed by atoms with Crippen LogP contribution in [0.1, 0.15) is 25.3 Å². The minimum absolute atomic E-state index is 0. The molecule has 0 aromatic heterocycles. The van der Waals surface area contributed by atoms with Gasteiger partial charge in [-0.25, -0.2) is 0 Å². The predicted molar refractivity (Wildman–Crippen MR) is 95.0 cm³/mol. The molecule has 1 aliphatic carbocycles. The number of benzene rings is 1. The van der Waals surface area contributed by atoms with Crippen molar-refractivity contribution in [2.45, 2.75) is 38.3 Å². The van der Waals surface area contributed by atoms with Crippen LogP contribution in [0.5, 0.6) is 0 Å². The van der Waals surface area contributed by atoms with E-state index >= 15 is 0 Å². The first-order valence-corrected chi connectivity index (χ1v) is 8.51. The van der Waals surface area contributed by atoms with Crippen molar-refractivity contribution in [3.8, 4) is 0 Å². The van der Waals surface area contributed by atoms with Gasteiger partial charge in [-0.15, -0.1) is 12.4 Å². The highest BCUT2D eigenvalue weighted by molar-refractivity contribution is 5.97. The van der Waals surface area contributed by atoms with Crippen molar-refractivity contribution in [1.82, 2.24) is 4.90 Å². The van der Waals surface area contributed by atoms with Gasteiger partial charge >= 0.3 is 0 Å². The van der Waals surface area contributed by atoms with E-state index in [0.717, 1.165) is 31.6 Å². The molecule has 4 rings (SSSR count). The molecule has 2 N–H and O–H groups in total. The largest absolute Gasteiger partial charge is 0.327 e. The number of hydrogen-bond acceptors (Lipinski definition) is 3. The van der Waals surface area contributed by atoms with Crippen LogP contribution < -0.4 is 10.6 Å². The zero-order valence-corrected chi connectivity index (χ0v) is 14.5. The number of likely N-dealkylation sites (tertiary alicyclic amines) is 1. The molecule has 3 aliphatic rings. The van der Waals surface area contributed by atoms with E-state index in [1.165, 1.54) is 12.0 Å². The number of amides is 1. The number of nitrogens with zero attached hydrogens (tertiary/aromatic N) is 2. The van der Waals surface area contributed by atoms with E-state index in [1.54, 1.807) is 0 Å². The van der Waals surface area contributed by atoms with Crippen molar-refractivity contribution >= 4 is 24.0 Å². The maximum Gasteiger partial charge on any atom is 0.241 e. The van der Waals surface area contributed by atoms with E-state index in [0.29, 0.717) is 24.4 Å². The molecular formula is C18H26ClN3O. The van der Waals surface area contributed by atoms with Crippen molar-refractivity contribution in [3.63, 3.8) is 0 Å². The minimum atomic E-state index is 0. The molecule has 1 saturated heterocycles. The minimum Gasteiger partial charge on any atom is -0.327 e. The van der Waals surface area contributed by atoms with Crippen molar-refractivity contribution in [1.29, 1.82) is 0 Å². The number of halogens is 1. The summed E-state index contributed by atoms with van der Waals surface area (Å²) in [5.41, 5.74) is 8.60. The number of anilines is 1. The zero-order valence-electron chi connectivity index (χ0n) is 13.6. The molecule has 2 heterocycles. The molecule has 0 radical (unpaired) electrons. The number of fused-ring (bicyclic) bond motifs is 2. The summed E-state index contributed by atoms with van der Waals surface area (Å²) in [6, 6.07) is 8.91. The topological polar surface area (TPSA) is 49.6 Å². The van der Waals surface area contributed by atoms with Crippen molar-refractivity contribution in [2.24, 2.45) is 17.6 Å². The maximum atomic E-state index is 12.8. The first-order chi connectivity index (χ1) is 10.6. The molecule has 4 unspecified atom stereocenters. The molecule has 1 aromatic rings. The molecule has 2 fully saturated rings. The van der Waals surface area contributed by atoms with Gasteiger partial charge in [-0.3, -0.25) is 9.69 Å². The third-order valence-corrected chi connectivity index (χ3v) is 5.82. The predicted octanol–water partition coefficient (Wildman–Crippen LogP) is 2.06. The van der Waals surface area contributed by atoms with Gasteiger partial charge in [0.25, 0.3) is 0 Å². The lowest BCUT2D eigenvalue weighted by Crippen LogP contribution is -2.43. The second kappa shape index (κ2) is 6.42. The molecule has 2 aliphatic heterocycles. The van der Waals surface area contributed by atoms with Crippen LogP contribution in [0.25, 0.3) is 0 Å². The monoisotopic (exact) mass is 335 g/mol. The lowest BCUT2D eigenvalue weighted by Gasteiger charge is -2.26. The van der Waals surface area contributed by atoms with Gasteiger partial charge in [-0.05, 0) is 49.7 Å². The molecule has 1 saturated carbocycles. The second-order valence-corrected chi connectivity index (χ2v) is 7.30. The summed E-state index contributed by atoms with van der Waals surface area (Å²) >= 11 is 0. The average Bonchev–Trinajstić information content (AvgIpc) is 3.12. The Morgan fingerprint density at radius 1 is 1.26 bits per heavy atom. The molecule has 1 aromatic carbocycles. The Morgan fingerprint density at radius 3 is 2.83 bits per heavy atom. The fourth-order valence-corrected chi connectivity index (χ4v) is 4.74. The quantitative estimate of drug-likeness (QED) is 0.900. The van der Waals surface area contributed by atoms with E-state index in [9.17, 15) is 4.79 Å². The number of hydrogen-bond donors (Lipinski definition) is 1. The lowest BCUT2D eigenvalue weighted by molar-refractivity contribution is -0.119. The van der Waals surface area contributed by atoms with Crippen molar-refractivity contribution in [3.05, 3.63) is 29.8 Å². The fourth-order valence-electron chi connectivity index (χ4n) is 4.74. The third kappa shape index (κ3) is 2.88. The number of para-hydroxylation sites is 1. The SMILES string of the molecule is CC1Cc2ccccc2N1C(=O)CN1CC2CCC(N)C2C1.Cl. The van der Waals surface area contributed by atoms with Gasteiger partial charge in [0, 0.05) is 30.9 Å². The highest BCUT2D eigenvalue weighted by Gasteiger charge is 2.42. The van der Waals surface area contributed by atoms with Crippen LogP contribution in [0, 0.1) is 11.8 Å². The van der Waals surface area contributed by atoms with Gasteiger partial charge in [-0.1, -0.05) is 18.2 Å². The fraction of sp³-hybridized carbons (Fsp3) is 0.611. The summed E-state index contributed by atoms with van der Waals surface area (Å²) in [7, 11) is 0. The molecule has 4 atom stereocenters. The van der Waals surface area contributed by atoms with Gasteiger partial charge in [-0.2, -0.15) is 0 Å². The van der Waals surface area contributed by atoms with Gasteiger partial charge < -0.3 is 10.6 Å². The van der Waals surface area contributed by atoms with Gasteiger partial charge in [0.15, 0.2) is 0 Å². The van der Waals surface area contributed by atoms with Crippen molar-refractivity contribution < 1.29 is 4.79 Å². The normalized spacial score (nSPS) is 32.5. The first-order valence-electron chi connectivity index (χ1n) is 8.51. The van der Waals surface area contributed by atoms with Gasteiger partial charge in [0.1, 0.15) is 0 Å². The Hall–Kier alpha value is -1.10.